The first-order valence-corrected chi connectivity index (χ1v) is 5.68. The number of aromatic hydroxyl groups is 1. The largest absolute Gasteiger partial charge is 0.508 e. The van der Waals surface area contributed by atoms with Crippen LogP contribution in [0.15, 0.2) is 48.5 Å². The molecule has 0 atom stereocenters. The van der Waals surface area contributed by atoms with Crippen molar-refractivity contribution < 1.29 is 5.11 Å². The maximum Gasteiger partial charge on any atom is 0.116 e. The predicted molar refractivity (Wildman–Crippen MR) is 67.5 cm³/mol. The van der Waals surface area contributed by atoms with Crippen LogP contribution in [0.1, 0.15) is 18.9 Å². The number of phenolic OH excluding ortho intramolecular Hbond substituents is 1. The third-order valence-electron chi connectivity index (χ3n) is 2.65. The SMILES string of the molecule is CCCc1cccc(-c2cccc(O)c2)c1. The van der Waals surface area contributed by atoms with E-state index in [1.54, 1.807) is 12.1 Å². The van der Waals surface area contributed by atoms with Gasteiger partial charge in [-0.25, -0.2) is 0 Å². The molecule has 0 saturated carbocycles. The maximum atomic E-state index is 9.45. The Morgan fingerprint density at radius 2 is 1.62 bits per heavy atom. The van der Waals surface area contributed by atoms with E-state index < -0.39 is 0 Å². The zero-order valence-corrected chi connectivity index (χ0v) is 9.48. The van der Waals surface area contributed by atoms with E-state index in [0.29, 0.717) is 5.75 Å². The van der Waals surface area contributed by atoms with E-state index in [1.165, 1.54) is 11.1 Å². The maximum absolute atomic E-state index is 9.45. The van der Waals surface area contributed by atoms with E-state index in [0.717, 1.165) is 18.4 Å². The molecule has 1 heteroatoms. The number of rotatable bonds is 3. The second kappa shape index (κ2) is 4.84. The van der Waals surface area contributed by atoms with E-state index in [1.807, 2.05) is 12.1 Å². The molecule has 0 spiro atoms. The third kappa shape index (κ3) is 2.43. The second-order valence-corrected chi connectivity index (χ2v) is 4.00. The van der Waals surface area contributed by atoms with Crippen molar-refractivity contribution in [2.75, 3.05) is 0 Å². The van der Waals surface area contributed by atoms with E-state index in [2.05, 4.69) is 31.2 Å². The molecule has 0 unspecified atom stereocenters. The molecule has 82 valence electrons. The van der Waals surface area contributed by atoms with Gasteiger partial charge in [0.05, 0.1) is 0 Å². The van der Waals surface area contributed by atoms with Crippen LogP contribution in [0.4, 0.5) is 0 Å². The van der Waals surface area contributed by atoms with Crippen LogP contribution in [0.3, 0.4) is 0 Å². The standard InChI is InChI=1S/C15H16O/c1-2-5-12-6-3-7-13(10-12)14-8-4-9-15(16)11-14/h3-4,6-11,16H,2,5H2,1H3. The molecule has 0 aromatic heterocycles. The molecular formula is C15H16O. The Morgan fingerprint density at radius 3 is 2.31 bits per heavy atom. The van der Waals surface area contributed by atoms with Gasteiger partial charge in [-0.2, -0.15) is 0 Å². The lowest BCUT2D eigenvalue weighted by Gasteiger charge is -2.05. The van der Waals surface area contributed by atoms with E-state index in [-0.39, 0.29) is 0 Å². The normalized spacial score (nSPS) is 10.3. The highest BCUT2D eigenvalue weighted by atomic mass is 16.3. The summed E-state index contributed by atoms with van der Waals surface area (Å²) in [5.74, 6) is 0.318. The molecule has 16 heavy (non-hydrogen) atoms. The molecule has 0 aliphatic rings. The van der Waals surface area contributed by atoms with E-state index >= 15 is 0 Å². The fourth-order valence-electron chi connectivity index (χ4n) is 1.88. The second-order valence-electron chi connectivity index (χ2n) is 4.00. The van der Waals surface area contributed by atoms with Crippen molar-refractivity contribution in [2.45, 2.75) is 19.8 Å². The topological polar surface area (TPSA) is 20.2 Å². The minimum Gasteiger partial charge on any atom is -0.508 e. The van der Waals surface area contributed by atoms with Crippen LogP contribution < -0.4 is 0 Å². The molecule has 1 nitrogen and oxygen atoms in total. The Morgan fingerprint density at radius 1 is 0.938 bits per heavy atom. The summed E-state index contributed by atoms with van der Waals surface area (Å²) < 4.78 is 0. The Hall–Kier alpha value is -1.76. The number of hydrogen-bond acceptors (Lipinski definition) is 1. The summed E-state index contributed by atoms with van der Waals surface area (Å²) in [6.45, 7) is 2.18. The van der Waals surface area contributed by atoms with Gasteiger partial charge in [-0.3, -0.25) is 0 Å². The summed E-state index contributed by atoms with van der Waals surface area (Å²) in [6, 6.07) is 15.9. The number of benzene rings is 2. The lowest BCUT2D eigenvalue weighted by Crippen LogP contribution is -1.84. The van der Waals surface area contributed by atoms with Crippen molar-refractivity contribution in [2.24, 2.45) is 0 Å². The van der Waals surface area contributed by atoms with E-state index in [9.17, 15) is 5.11 Å². The van der Waals surface area contributed by atoms with Crippen LogP contribution in [-0.4, -0.2) is 5.11 Å². The smallest absolute Gasteiger partial charge is 0.116 e. The van der Waals surface area contributed by atoms with Gasteiger partial charge in [-0.05, 0) is 35.2 Å². The van der Waals surface area contributed by atoms with Crippen molar-refractivity contribution in [1.82, 2.24) is 0 Å². The highest BCUT2D eigenvalue weighted by Gasteiger charge is 1.99. The lowest BCUT2D eigenvalue weighted by molar-refractivity contribution is 0.475. The van der Waals surface area contributed by atoms with Crippen LogP contribution in [0.2, 0.25) is 0 Å². The zero-order valence-electron chi connectivity index (χ0n) is 9.48. The van der Waals surface area contributed by atoms with Crippen molar-refractivity contribution >= 4 is 0 Å². The van der Waals surface area contributed by atoms with Gasteiger partial charge < -0.3 is 5.11 Å². The van der Waals surface area contributed by atoms with Gasteiger partial charge in [0.2, 0.25) is 0 Å². The average Bonchev–Trinajstić information content (AvgIpc) is 2.30. The van der Waals surface area contributed by atoms with E-state index in [4.69, 9.17) is 0 Å². The summed E-state index contributed by atoms with van der Waals surface area (Å²) in [6.07, 6.45) is 2.26. The summed E-state index contributed by atoms with van der Waals surface area (Å²) in [5, 5.41) is 9.45. The Bertz CT molecular complexity index is 474. The predicted octanol–water partition coefficient (Wildman–Crippen LogP) is 4.01. The minimum atomic E-state index is 0.318. The van der Waals surface area contributed by atoms with Gasteiger partial charge in [0.15, 0.2) is 0 Å². The first-order chi connectivity index (χ1) is 7.79. The summed E-state index contributed by atoms with van der Waals surface area (Å²) in [7, 11) is 0. The van der Waals surface area contributed by atoms with Crippen LogP contribution in [0.5, 0.6) is 5.75 Å². The Kier molecular flexibility index (Phi) is 3.25. The molecule has 2 aromatic rings. The Labute approximate surface area is 96.4 Å². The fraction of sp³-hybridized carbons (Fsp3) is 0.200. The molecule has 0 aliphatic carbocycles. The third-order valence-corrected chi connectivity index (χ3v) is 2.65. The summed E-state index contributed by atoms with van der Waals surface area (Å²) >= 11 is 0. The molecule has 1 N–H and O–H groups in total. The number of hydrogen-bond donors (Lipinski definition) is 1. The number of phenols is 1. The highest BCUT2D eigenvalue weighted by Crippen LogP contribution is 2.24. The highest BCUT2D eigenvalue weighted by molar-refractivity contribution is 5.65. The van der Waals surface area contributed by atoms with Crippen LogP contribution in [0.25, 0.3) is 11.1 Å². The van der Waals surface area contributed by atoms with Gasteiger partial charge in [0.25, 0.3) is 0 Å². The average molecular weight is 212 g/mol. The lowest BCUT2D eigenvalue weighted by atomic mass is 10.0. The van der Waals surface area contributed by atoms with Gasteiger partial charge in [-0.1, -0.05) is 49.7 Å². The van der Waals surface area contributed by atoms with Crippen LogP contribution >= 0.6 is 0 Å². The number of aryl methyl sites for hydroxylation is 1. The van der Waals surface area contributed by atoms with Gasteiger partial charge in [-0.15, -0.1) is 0 Å². The zero-order chi connectivity index (χ0) is 11.4. The molecule has 0 fully saturated rings. The summed E-state index contributed by atoms with van der Waals surface area (Å²) in [5.41, 5.74) is 3.59. The molecule has 0 heterocycles. The molecule has 0 bridgehead atoms. The Balaban J connectivity index is 2.36. The van der Waals surface area contributed by atoms with Crippen molar-refractivity contribution in [3.05, 3.63) is 54.1 Å². The molecular weight excluding hydrogens is 196 g/mol. The molecule has 2 aromatic carbocycles. The van der Waals surface area contributed by atoms with Crippen LogP contribution in [0, 0.1) is 0 Å². The first kappa shape index (κ1) is 10.7. The fourth-order valence-corrected chi connectivity index (χ4v) is 1.88. The monoisotopic (exact) mass is 212 g/mol. The van der Waals surface area contributed by atoms with Gasteiger partial charge in [0.1, 0.15) is 5.75 Å². The molecule has 0 saturated heterocycles. The van der Waals surface area contributed by atoms with Gasteiger partial charge >= 0.3 is 0 Å². The van der Waals surface area contributed by atoms with Crippen molar-refractivity contribution in [3.63, 3.8) is 0 Å². The first-order valence-electron chi connectivity index (χ1n) is 5.68. The molecule has 0 radical (unpaired) electrons. The molecule has 2 rings (SSSR count). The van der Waals surface area contributed by atoms with Crippen LogP contribution in [-0.2, 0) is 6.42 Å². The minimum absolute atomic E-state index is 0.318. The molecule has 0 aliphatic heterocycles. The quantitative estimate of drug-likeness (QED) is 0.815. The van der Waals surface area contributed by atoms with Crippen molar-refractivity contribution in [1.29, 1.82) is 0 Å². The summed E-state index contributed by atoms with van der Waals surface area (Å²) in [4.78, 5) is 0. The van der Waals surface area contributed by atoms with Gasteiger partial charge in [0, 0.05) is 0 Å². The van der Waals surface area contributed by atoms with Crippen molar-refractivity contribution in [3.8, 4) is 16.9 Å². The molecule has 0 amide bonds.